The van der Waals surface area contributed by atoms with E-state index in [9.17, 15) is 8.42 Å². The molecule has 1 N–H and O–H groups in total. The molecule has 1 saturated heterocycles. The summed E-state index contributed by atoms with van der Waals surface area (Å²) in [4.78, 5) is 2.13. The minimum atomic E-state index is -3.18. The summed E-state index contributed by atoms with van der Waals surface area (Å²) in [6.45, 7) is 2.69. The molecule has 0 aromatic rings. The van der Waals surface area contributed by atoms with Gasteiger partial charge in [0.25, 0.3) is 0 Å². The smallest absolute Gasteiger partial charge is 0.211 e. The molecule has 1 aliphatic heterocycles. The first-order chi connectivity index (χ1) is 8.03. The third kappa shape index (κ3) is 6.57. The Bertz CT molecular complexity index is 311. The summed E-state index contributed by atoms with van der Waals surface area (Å²) in [6, 6.07) is 0. The average Bonchev–Trinajstić information content (AvgIpc) is 2.27. The number of unbranched alkanes of at least 4 members (excludes halogenated alkanes) is 1. The van der Waals surface area contributed by atoms with Gasteiger partial charge in [-0.3, -0.25) is 0 Å². The fourth-order valence-corrected chi connectivity index (χ4v) is 3.03. The molecule has 0 aromatic heterocycles. The molecule has 7 heteroatoms. The monoisotopic (exact) mass is 284 g/mol. The van der Waals surface area contributed by atoms with Crippen LogP contribution in [0.3, 0.4) is 0 Å². The zero-order chi connectivity index (χ0) is 12.7. The first-order valence-corrected chi connectivity index (χ1v) is 8.05. The highest BCUT2D eigenvalue weighted by atomic mass is 35.5. The summed E-state index contributed by atoms with van der Waals surface area (Å²) in [5.74, 6) is 0.647. The van der Waals surface area contributed by atoms with Crippen molar-refractivity contribution in [2.45, 2.75) is 18.9 Å². The van der Waals surface area contributed by atoms with E-state index < -0.39 is 10.0 Å². The minimum Gasteiger partial charge on any atom is -0.374 e. The lowest BCUT2D eigenvalue weighted by Crippen LogP contribution is -2.46. The molecular weight excluding hydrogens is 264 g/mol. The topological polar surface area (TPSA) is 58.6 Å². The second kappa shape index (κ2) is 7.53. The number of alkyl halides is 1. The van der Waals surface area contributed by atoms with Crippen LogP contribution < -0.4 is 4.72 Å². The molecule has 102 valence electrons. The molecule has 0 spiro atoms. The molecule has 1 rings (SSSR count). The van der Waals surface area contributed by atoms with Crippen molar-refractivity contribution in [3.8, 4) is 0 Å². The molecule has 0 radical (unpaired) electrons. The summed E-state index contributed by atoms with van der Waals surface area (Å²) in [5.41, 5.74) is 0. The lowest BCUT2D eigenvalue weighted by Gasteiger charge is -2.30. The van der Waals surface area contributed by atoms with E-state index in [-0.39, 0.29) is 11.9 Å². The SMILES string of the molecule is CN1CCOC(CNS(=O)(=O)CCCCCl)C1. The van der Waals surface area contributed by atoms with Gasteiger partial charge in [-0.2, -0.15) is 0 Å². The van der Waals surface area contributed by atoms with Crippen molar-refractivity contribution in [1.29, 1.82) is 0 Å². The standard InChI is InChI=1S/C10H21ClN2O3S/c1-13-5-6-16-10(9-13)8-12-17(14,15)7-3-2-4-11/h10,12H,2-9H2,1H3. The van der Waals surface area contributed by atoms with E-state index in [2.05, 4.69) is 9.62 Å². The van der Waals surface area contributed by atoms with Crippen LogP contribution in [0.25, 0.3) is 0 Å². The number of rotatable bonds is 7. The highest BCUT2D eigenvalue weighted by Crippen LogP contribution is 2.03. The van der Waals surface area contributed by atoms with Gasteiger partial charge in [0.15, 0.2) is 0 Å². The van der Waals surface area contributed by atoms with Crippen LogP contribution in [-0.2, 0) is 14.8 Å². The third-order valence-electron chi connectivity index (χ3n) is 2.67. The Balaban J connectivity index is 2.23. The Labute approximate surface area is 109 Å². The summed E-state index contributed by atoms with van der Waals surface area (Å²) in [6.07, 6.45) is 1.28. The number of hydrogen-bond acceptors (Lipinski definition) is 4. The van der Waals surface area contributed by atoms with E-state index in [0.29, 0.717) is 25.5 Å². The molecule has 1 unspecified atom stereocenters. The van der Waals surface area contributed by atoms with Gasteiger partial charge in [-0.25, -0.2) is 13.1 Å². The van der Waals surface area contributed by atoms with E-state index in [0.717, 1.165) is 19.5 Å². The van der Waals surface area contributed by atoms with Crippen LogP contribution in [0, 0.1) is 0 Å². The van der Waals surface area contributed by atoms with E-state index >= 15 is 0 Å². The summed E-state index contributed by atoms with van der Waals surface area (Å²) in [5, 5.41) is 0. The number of nitrogens with one attached hydrogen (secondary N) is 1. The van der Waals surface area contributed by atoms with E-state index in [1.165, 1.54) is 0 Å². The average molecular weight is 285 g/mol. The van der Waals surface area contributed by atoms with Crippen molar-refractivity contribution in [1.82, 2.24) is 9.62 Å². The molecular formula is C10H21ClN2O3S. The lowest BCUT2D eigenvalue weighted by molar-refractivity contribution is -0.0156. The number of ether oxygens (including phenoxy) is 1. The maximum absolute atomic E-state index is 11.6. The van der Waals surface area contributed by atoms with Gasteiger partial charge in [-0.1, -0.05) is 0 Å². The van der Waals surface area contributed by atoms with Crippen LogP contribution in [0.1, 0.15) is 12.8 Å². The second-order valence-electron chi connectivity index (χ2n) is 4.32. The van der Waals surface area contributed by atoms with Gasteiger partial charge < -0.3 is 9.64 Å². The highest BCUT2D eigenvalue weighted by molar-refractivity contribution is 7.89. The van der Waals surface area contributed by atoms with Crippen LogP contribution in [0.2, 0.25) is 0 Å². The molecule has 0 saturated carbocycles. The largest absolute Gasteiger partial charge is 0.374 e. The number of likely N-dealkylation sites (N-methyl/N-ethyl adjacent to an activating group) is 1. The minimum absolute atomic E-state index is 0.0449. The molecule has 17 heavy (non-hydrogen) atoms. The molecule has 0 aromatic carbocycles. The summed E-state index contributed by atoms with van der Waals surface area (Å²) in [7, 11) is -1.17. The number of hydrogen-bond donors (Lipinski definition) is 1. The zero-order valence-electron chi connectivity index (χ0n) is 10.2. The quantitative estimate of drug-likeness (QED) is 0.538. The van der Waals surface area contributed by atoms with Crippen molar-refractivity contribution in [2.75, 3.05) is 44.9 Å². The predicted molar refractivity (Wildman–Crippen MR) is 69.0 cm³/mol. The van der Waals surface area contributed by atoms with Crippen molar-refractivity contribution < 1.29 is 13.2 Å². The Morgan fingerprint density at radius 2 is 2.24 bits per heavy atom. The van der Waals surface area contributed by atoms with Crippen molar-refractivity contribution in [3.05, 3.63) is 0 Å². The number of morpholine rings is 1. The number of halogens is 1. The zero-order valence-corrected chi connectivity index (χ0v) is 11.8. The Morgan fingerprint density at radius 3 is 2.88 bits per heavy atom. The molecule has 1 aliphatic rings. The number of nitrogens with zero attached hydrogens (tertiary/aromatic N) is 1. The van der Waals surface area contributed by atoms with Gasteiger partial charge in [0, 0.05) is 25.5 Å². The lowest BCUT2D eigenvalue weighted by atomic mass is 10.3. The summed E-state index contributed by atoms with van der Waals surface area (Å²) >= 11 is 5.50. The molecule has 0 aliphatic carbocycles. The first kappa shape index (κ1) is 15.2. The third-order valence-corrected chi connectivity index (χ3v) is 4.37. The van der Waals surface area contributed by atoms with Gasteiger partial charge >= 0.3 is 0 Å². The fraction of sp³-hybridized carbons (Fsp3) is 1.00. The van der Waals surface area contributed by atoms with E-state index in [4.69, 9.17) is 16.3 Å². The van der Waals surface area contributed by atoms with Gasteiger partial charge in [0.05, 0.1) is 18.5 Å². The second-order valence-corrected chi connectivity index (χ2v) is 6.62. The maximum atomic E-state index is 11.6. The molecule has 1 heterocycles. The Hall–Kier alpha value is 0.120. The highest BCUT2D eigenvalue weighted by Gasteiger charge is 2.19. The molecule has 0 bridgehead atoms. The van der Waals surface area contributed by atoms with Crippen molar-refractivity contribution >= 4 is 21.6 Å². The maximum Gasteiger partial charge on any atom is 0.211 e. The van der Waals surface area contributed by atoms with Crippen LogP contribution in [0.5, 0.6) is 0 Å². The van der Waals surface area contributed by atoms with Crippen LogP contribution in [0.15, 0.2) is 0 Å². The first-order valence-electron chi connectivity index (χ1n) is 5.87. The van der Waals surface area contributed by atoms with Gasteiger partial charge in [-0.05, 0) is 19.9 Å². The summed E-state index contributed by atoms with van der Waals surface area (Å²) < 4.78 is 31.3. The number of sulfonamides is 1. The van der Waals surface area contributed by atoms with Gasteiger partial charge in [0.2, 0.25) is 10.0 Å². The molecule has 5 nitrogen and oxygen atoms in total. The van der Waals surface area contributed by atoms with Crippen LogP contribution in [-0.4, -0.2) is 64.3 Å². The molecule has 0 amide bonds. The van der Waals surface area contributed by atoms with Gasteiger partial charge in [0.1, 0.15) is 0 Å². The fourth-order valence-electron chi connectivity index (χ4n) is 1.67. The normalized spacial score (nSPS) is 22.8. The van der Waals surface area contributed by atoms with Crippen molar-refractivity contribution in [3.63, 3.8) is 0 Å². The predicted octanol–water partition coefficient (Wildman–Crippen LogP) is 0.255. The molecule has 1 fully saturated rings. The van der Waals surface area contributed by atoms with E-state index in [1.807, 2.05) is 7.05 Å². The van der Waals surface area contributed by atoms with Crippen LogP contribution in [0.4, 0.5) is 0 Å². The Morgan fingerprint density at radius 1 is 1.47 bits per heavy atom. The van der Waals surface area contributed by atoms with Crippen molar-refractivity contribution in [2.24, 2.45) is 0 Å². The molecule has 1 atom stereocenters. The Kier molecular flexibility index (Phi) is 6.72. The van der Waals surface area contributed by atoms with Gasteiger partial charge in [-0.15, -0.1) is 11.6 Å². The van der Waals surface area contributed by atoms with Crippen LogP contribution >= 0.6 is 11.6 Å². The van der Waals surface area contributed by atoms with E-state index in [1.54, 1.807) is 0 Å².